The van der Waals surface area contributed by atoms with Crippen LogP contribution in [0.3, 0.4) is 0 Å². The van der Waals surface area contributed by atoms with Crippen LogP contribution in [0, 0.1) is 0 Å². The molecule has 0 unspecified atom stereocenters. The predicted octanol–water partition coefficient (Wildman–Crippen LogP) is 16.6. The van der Waals surface area contributed by atoms with Gasteiger partial charge >= 0.3 is 0 Å². The Bertz CT molecular complexity index is 2990. The van der Waals surface area contributed by atoms with Crippen LogP contribution in [0.2, 0.25) is 0 Å². The second-order valence-corrected chi connectivity index (χ2v) is 15.4. The van der Waals surface area contributed by atoms with E-state index in [4.69, 9.17) is 0 Å². The van der Waals surface area contributed by atoms with Crippen molar-refractivity contribution in [2.24, 2.45) is 0 Å². The monoisotopic (exact) mass is 780 g/mol. The quantitative estimate of drug-likeness (QED) is 0.135. The molecule has 0 saturated heterocycles. The van der Waals surface area contributed by atoms with Crippen molar-refractivity contribution in [1.29, 1.82) is 0 Å². The van der Waals surface area contributed by atoms with Crippen molar-refractivity contribution in [3.05, 3.63) is 254 Å². The number of hydrogen-bond donors (Lipinski definition) is 0. The standard InChI is InChI=1S/C59H44N2/c1-3-4-28-57-42(2)51-24-14-15-25-53(51)56-41-47(33-39-59(56)61(57)48-22-12-7-13-23-48)52-38-40-58(55-27-17-16-26-54(52)55)60(49-34-29-45(30-35-49)43-18-8-5-9-19-43)50-36-31-46(32-37-50)44-20-10-6-11-21-44/h3-41H,1H2,2H3/b28-4-. The summed E-state index contributed by atoms with van der Waals surface area (Å²) in [6.45, 7) is 6.23. The van der Waals surface area contributed by atoms with Gasteiger partial charge in [0.1, 0.15) is 0 Å². The Kier molecular flexibility index (Phi) is 10.0. The molecule has 10 rings (SSSR count). The topological polar surface area (TPSA) is 6.48 Å². The Labute approximate surface area is 359 Å². The Morgan fingerprint density at radius 1 is 0.426 bits per heavy atom. The van der Waals surface area contributed by atoms with Gasteiger partial charge in [-0.1, -0.05) is 183 Å². The van der Waals surface area contributed by atoms with E-state index >= 15 is 0 Å². The maximum Gasteiger partial charge on any atom is 0.0540 e. The highest BCUT2D eigenvalue weighted by molar-refractivity contribution is 6.07. The third kappa shape index (κ3) is 7.05. The molecule has 0 atom stereocenters. The van der Waals surface area contributed by atoms with Crippen molar-refractivity contribution < 1.29 is 0 Å². The van der Waals surface area contributed by atoms with Gasteiger partial charge in [-0.2, -0.15) is 0 Å². The minimum Gasteiger partial charge on any atom is -0.310 e. The van der Waals surface area contributed by atoms with Crippen molar-refractivity contribution >= 4 is 44.8 Å². The van der Waals surface area contributed by atoms with Gasteiger partial charge in [0.25, 0.3) is 0 Å². The smallest absolute Gasteiger partial charge is 0.0540 e. The summed E-state index contributed by atoms with van der Waals surface area (Å²) in [4.78, 5) is 4.78. The lowest BCUT2D eigenvalue weighted by Gasteiger charge is -2.29. The molecule has 9 aromatic carbocycles. The fourth-order valence-corrected chi connectivity index (χ4v) is 8.83. The van der Waals surface area contributed by atoms with E-state index in [1.54, 1.807) is 0 Å². The van der Waals surface area contributed by atoms with E-state index in [0.29, 0.717) is 0 Å². The second-order valence-electron chi connectivity index (χ2n) is 15.4. The average Bonchev–Trinajstić information content (AvgIpc) is 3.44. The van der Waals surface area contributed by atoms with Gasteiger partial charge in [0.05, 0.1) is 11.4 Å². The van der Waals surface area contributed by atoms with E-state index in [2.05, 4.69) is 248 Å². The van der Waals surface area contributed by atoms with Crippen molar-refractivity contribution in [3.8, 4) is 44.5 Å². The summed E-state index contributed by atoms with van der Waals surface area (Å²) in [6.07, 6.45) is 6.06. The van der Waals surface area contributed by atoms with E-state index in [1.165, 1.54) is 60.9 Å². The number of rotatable bonds is 9. The molecule has 0 fully saturated rings. The molecule has 9 aromatic rings. The number of hydrogen-bond acceptors (Lipinski definition) is 2. The number of nitrogens with zero attached hydrogens (tertiary/aromatic N) is 2. The number of fused-ring (bicyclic) bond motifs is 4. The zero-order valence-corrected chi connectivity index (χ0v) is 34.1. The molecule has 1 heterocycles. The Hall–Kier alpha value is -7.94. The van der Waals surface area contributed by atoms with E-state index in [9.17, 15) is 0 Å². The molecule has 290 valence electrons. The Morgan fingerprint density at radius 3 is 1.54 bits per heavy atom. The molecule has 2 heteroatoms. The lowest BCUT2D eigenvalue weighted by molar-refractivity contribution is 1.22. The fourth-order valence-electron chi connectivity index (χ4n) is 8.83. The number of para-hydroxylation sites is 1. The van der Waals surface area contributed by atoms with Crippen molar-refractivity contribution in [2.45, 2.75) is 6.92 Å². The van der Waals surface area contributed by atoms with Gasteiger partial charge in [0, 0.05) is 33.7 Å². The summed E-state index contributed by atoms with van der Waals surface area (Å²) in [6, 6.07) is 78.9. The van der Waals surface area contributed by atoms with Crippen LogP contribution in [0.1, 0.15) is 12.5 Å². The van der Waals surface area contributed by atoms with E-state index in [1.807, 2.05) is 12.2 Å². The lowest BCUT2D eigenvalue weighted by Crippen LogP contribution is -2.16. The number of benzene rings is 9. The van der Waals surface area contributed by atoms with E-state index in [-0.39, 0.29) is 0 Å². The van der Waals surface area contributed by atoms with Crippen LogP contribution < -0.4 is 9.80 Å². The van der Waals surface area contributed by atoms with Gasteiger partial charge in [-0.3, -0.25) is 0 Å². The molecule has 0 radical (unpaired) electrons. The van der Waals surface area contributed by atoms with Gasteiger partial charge < -0.3 is 9.80 Å². The third-order valence-electron chi connectivity index (χ3n) is 11.8. The first-order valence-corrected chi connectivity index (χ1v) is 20.9. The van der Waals surface area contributed by atoms with Gasteiger partial charge in [-0.15, -0.1) is 0 Å². The summed E-state index contributed by atoms with van der Waals surface area (Å²) in [5.74, 6) is 0. The zero-order chi connectivity index (χ0) is 41.1. The van der Waals surface area contributed by atoms with Crippen LogP contribution in [0.25, 0.3) is 60.9 Å². The molecule has 0 spiro atoms. The predicted molar refractivity (Wildman–Crippen MR) is 261 cm³/mol. The Morgan fingerprint density at radius 2 is 0.934 bits per heavy atom. The van der Waals surface area contributed by atoms with E-state index < -0.39 is 0 Å². The lowest BCUT2D eigenvalue weighted by atomic mass is 9.91. The maximum atomic E-state index is 4.00. The molecule has 1 aliphatic heterocycles. The van der Waals surface area contributed by atoms with Crippen LogP contribution in [0.4, 0.5) is 28.4 Å². The molecule has 1 aliphatic rings. The first-order chi connectivity index (χ1) is 30.2. The van der Waals surface area contributed by atoms with Gasteiger partial charge in [-0.25, -0.2) is 0 Å². The fraction of sp³-hybridized carbons (Fsp3) is 0.0169. The molecule has 0 saturated carbocycles. The normalized spacial score (nSPS) is 12.2. The summed E-state index contributed by atoms with van der Waals surface area (Å²) in [5, 5.41) is 2.37. The van der Waals surface area contributed by atoms with Crippen LogP contribution >= 0.6 is 0 Å². The second kappa shape index (κ2) is 16.4. The summed E-state index contributed by atoms with van der Waals surface area (Å²) in [5.41, 5.74) is 18.6. The average molecular weight is 781 g/mol. The third-order valence-corrected chi connectivity index (χ3v) is 11.8. The van der Waals surface area contributed by atoms with Crippen molar-refractivity contribution in [2.75, 3.05) is 9.80 Å². The molecule has 0 bridgehead atoms. The van der Waals surface area contributed by atoms with Crippen LogP contribution in [-0.4, -0.2) is 0 Å². The van der Waals surface area contributed by atoms with Crippen LogP contribution in [-0.2, 0) is 0 Å². The summed E-state index contributed by atoms with van der Waals surface area (Å²) < 4.78 is 0. The molecular formula is C59H44N2. The van der Waals surface area contributed by atoms with Crippen LogP contribution in [0.5, 0.6) is 0 Å². The molecule has 2 nitrogen and oxygen atoms in total. The highest BCUT2D eigenvalue weighted by Gasteiger charge is 2.26. The minimum absolute atomic E-state index is 1.09. The van der Waals surface area contributed by atoms with E-state index in [0.717, 1.165) is 39.7 Å². The van der Waals surface area contributed by atoms with Gasteiger partial charge in [0.15, 0.2) is 0 Å². The number of allylic oxidation sites excluding steroid dienone is 4. The van der Waals surface area contributed by atoms with Gasteiger partial charge in [0.2, 0.25) is 0 Å². The molecule has 61 heavy (non-hydrogen) atoms. The van der Waals surface area contributed by atoms with Crippen LogP contribution in [0.15, 0.2) is 249 Å². The largest absolute Gasteiger partial charge is 0.310 e. The summed E-state index contributed by atoms with van der Waals surface area (Å²) >= 11 is 0. The molecule has 0 amide bonds. The highest BCUT2D eigenvalue weighted by atomic mass is 15.2. The SMILES string of the molecule is C=C/C=C\C1=C(C)c2ccccc2-c2cc(-c3ccc(N(c4ccc(-c5ccccc5)cc4)c4ccc(-c5ccccc5)cc4)c4ccccc34)ccc2N1c1ccccc1. The van der Waals surface area contributed by atoms with Gasteiger partial charge in [-0.05, 0) is 123 Å². The molecular weight excluding hydrogens is 737 g/mol. The molecule has 0 aliphatic carbocycles. The first kappa shape index (κ1) is 37.3. The number of anilines is 5. The maximum absolute atomic E-state index is 4.00. The van der Waals surface area contributed by atoms with Crippen molar-refractivity contribution in [3.63, 3.8) is 0 Å². The molecule has 0 aromatic heterocycles. The molecule has 0 N–H and O–H groups in total. The van der Waals surface area contributed by atoms with Crippen molar-refractivity contribution in [1.82, 2.24) is 0 Å². The highest BCUT2D eigenvalue weighted by Crippen LogP contribution is 2.49. The zero-order valence-electron chi connectivity index (χ0n) is 34.1. The first-order valence-electron chi connectivity index (χ1n) is 20.9. The Balaban J connectivity index is 1.13. The summed E-state index contributed by atoms with van der Waals surface area (Å²) in [7, 11) is 0. The minimum atomic E-state index is 1.09.